The molecule has 0 heterocycles. The molecule has 0 atom stereocenters. The standard InChI is InChI=1S/C6H6/c1-6-4-2-3-5-6/h2H,4H2,1H3. The van der Waals surface area contributed by atoms with Crippen LogP contribution in [0.2, 0.25) is 0 Å². The van der Waals surface area contributed by atoms with Gasteiger partial charge in [-0.1, -0.05) is 11.5 Å². The van der Waals surface area contributed by atoms with Gasteiger partial charge in [-0.3, -0.25) is 0 Å². The van der Waals surface area contributed by atoms with E-state index in [-0.39, 0.29) is 0 Å². The number of rotatable bonds is 0. The fraction of sp³-hybridized carbons (Fsp3) is 0.333. The molecule has 0 aromatic carbocycles. The van der Waals surface area contributed by atoms with Gasteiger partial charge in [0, 0.05) is 6.42 Å². The quantitative estimate of drug-likeness (QED) is 0.386. The van der Waals surface area contributed by atoms with E-state index in [0.717, 1.165) is 6.42 Å². The van der Waals surface area contributed by atoms with E-state index in [4.69, 9.17) is 0 Å². The van der Waals surface area contributed by atoms with E-state index < -0.39 is 0 Å². The summed E-state index contributed by atoms with van der Waals surface area (Å²) in [6.45, 7) is 2.05. The second-order valence-electron chi connectivity index (χ2n) is 1.46. The Bertz CT molecular complexity index is 139. The molecule has 1 aliphatic carbocycles. The van der Waals surface area contributed by atoms with Gasteiger partial charge in [0.15, 0.2) is 0 Å². The molecule has 0 unspecified atom stereocenters. The van der Waals surface area contributed by atoms with Crippen LogP contribution in [0.5, 0.6) is 0 Å². The maximum absolute atomic E-state index is 2.93. The van der Waals surface area contributed by atoms with E-state index in [9.17, 15) is 0 Å². The fourth-order valence-electron chi connectivity index (χ4n) is 0.429. The normalized spacial score (nSPS) is 15.8. The molecule has 0 aromatic heterocycles. The molecule has 0 spiro atoms. The highest BCUT2D eigenvalue weighted by Crippen LogP contribution is 2.00. The van der Waals surface area contributed by atoms with E-state index in [1.54, 1.807) is 0 Å². The molecule has 6 heavy (non-hydrogen) atoms. The summed E-state index contributed by atoms with van der Waals surface area (Å²) in [4.78, 5) is 0. The molecule has 0 saturated carbocycles. The van der Waals surface area contributed by atoms with Crippen LogP contribution in [0.15, 0.2) is 23.1 Å². The predicted octanol–water partition coefficient (Wildman–Crippen LogP) is 1.65. The number of hydrogen-bond acceptors (Lipinski definition) is 0. The van der Waals surface area contributed by atoms with Gasteiger partial charge in [0.25, 0.3) is 0 Å². The van der Waals surface area contributed by atoms with Crippen molar-refractivity contribution in [3.63, 3.8) is 0 Å². The zero-order chi connectivity index (χ0) is 4.41. The first-order valence-corrected chi connectivity index (χ1v) is 2.05. The maximum atomic E-state index is 2.93. The Labute approximate surface area is 37.5 Å². The number of hydrogen-bond donors (Lipinski definition) is 0. The Hall–Kier alpha value is -0.700. The Morgan fingerprint density at radius 3 is 2.83 bits per heavy atom. The minimum atomic E-state index is 1.06. The van der Waals surface area contributed by atoms with Crippen LogP contribution in [-0.4, -0.2) is 0 Å². The summed E-state index contributed by atoms with van der Waals surface area (Å²) in [6.07, 6.45) is 3.04. The highest BCUT2D eigenvalue weighted by atomic mass is 13.9. The molecule has 1 rings (SSSR count). The third-order valence-electron chi connectivity index (χ3n) is 0.796. The van der Waals surface area contributed by atoms with Gasteiger partial charge in [-0.15, -0.1) is 0 Å². The molecular formula is C6H6. The minimum absolute atomic E-state index is 1.06. The lowest BCUT2D eigenvalue weighted by Crippen LogP contribution is -1.58. The lowest BCUT2D eigenvalue weighted by Gasteiger charge is -1.75. The molecule has 0 fully saturated rings. The smallest absolute Gasteiger partial charge is 0.00237 e. The molecule has 0 bridgehead atoms. The van der Waals surface area contributed by atoms with E-state index in [1.807, 2.05) is 6.08 Å². The lowest BCUT2D eigenvalue weighted by atomic mass is 10.3. The average Bonchev–Trinajstić information content (AvgIpc) is 1.86. The molecule has 0 N–H and O–H groups in total. The predicted molar refractivity (Wildman–Crippen MR) is 25.4 cm³/mol. The molecule has 1 aliphatic rings. The Morgan fingerprint density at radius 1 is 1.83 bits per heavy atom. The second-order valence-corrected chi connectivity index (χ2v) is 1.46. The van der Waals surface area contributed by atoms with Crippen molar-refractivity contribution >= 4 is 0 Å². The molecule has 0 aliphatic heterocycles. The fourth-order valence-corrected chi connectivity index (χ4v) is 0.429. The van der Waals surface area contributed by atoms with Gasteiger partial charge in [0.1, 0.15) is 0 Å². The lowest BCUT2D eigenvalue weighted by molar-refractivity contribution is 1.25. The third-order valence-corrected chi connectivity index (χ3v) is 0.796. The van der Waals surface area contributed by atoms with Crippen molar-refractivity contribution in [3.8, 4) is 0 Å². The van der Waals surface area contributed by atoms with Crippen molar-refractivity contribution in [2.45, 2.75) is 13.3 Å². The van der Waals surface area contributed by atoms with Crippen LogP contribution >= 0.6 is 0 Å². The molecule has 0 heteroatoms. The van der Waals surface area contributed by atoms with Gasteiger partial charge in [-0.05, 0) is 18.6 Å². The number of allylic oxidation sites excluding steroid dienone is 2. The van der Waals surface area contributed by atoms with Gasteiger partial charge < -0.3 is 0 Å². The van der Waals surface area contributed by atoms with Crippen LogP contribution in [-0.2, 0) is 0 Å². The molecular weight excluding hydrogens is 72.1 g/mol. The Balaban J connectivity index is 3.07. The van der Waals surface area contributed by atoms with Crippen molar-refractivity contribution in [1.82, 2.24) is 0 Å². The first kappa shape index (κ1) is 3.49. The summed E-state index contributed by atoms with van der Waals surface area (Å²) in [5, 5.41) is 0. The van der Waals surface area contributed by atoms with Crippen LogP contribution in [0.25, 0.3) is 0 Å². The Morgan fingerprint density at radius 2 is 2.67 bits per heavy atom. The monoisotopic (exact) mass is 78.0 g/mol. The summed E-state index contributed by atoms with van der Waals surface area (Å²) < 4.78 is 0. The molecule has 0 saturated heterocycles. The van der Waals surface area contributed by atoms with Crippen molar-refractivity contribution in [1.29, 1.82) is 0 Å². The summed E-state index contributed by atoms with van der Waals surface area (Å²) in [5.74, 6) is 0. The first-order valence-electron chi connectivity index (χ1n) is 2.05. The van der Waals surface area contributed by atoms with Gasteiger partial charge in [0.2, 0.25) is 0 Å². The van der Waals surface area contributed by atoms with Crippen LogP contribution < -0.4 is 0 Å². The van der Waals surface area contributed by atoms with Gasteiger partial charge >= 0.3 is 0 Å². The van der Waals surface area contributed by atoms with E-state index in [2.05, 4.69) is 18.4 Å². The summed E-state index contributed by atoms with van der Waals surface area (Å²) >= 11 is 0. The van der Waals surface area contributed by atoms with Crippen molar-refractivity contribution in [2.75, 3.05) is 0 Å². The average molecular weight is 78.1 g/mol. The van der Waals surface area contributed by atoms with Crippen LogP contribution in [0.3, 0.4) is 0 Å². The highest BCUT2D eigenvalue weighted by Gasteiger charge is 1.82. The molecule has 0 radical (unpaired) electrons. The zero-order valence-electron chi connectivity index (χ0n) is 3.78. The van der Waals surface area contributed by atoms with Crippen LogP contribution in [0.4, 0.5) is 0 Å². The zero-order valence-corrected chi connectivity index (χ0v) is 3.78. The molecule has 0 aromatic rings. The summed E-state index contributed by atoms with van der Waals surface area (Å²) in [6, 6.07) is 0. The molecule has 30 valence electrons. The highest BCUT2D eigenvalue weighted by molar-refractivity contribution is 5.09. The first-order chi connectivity index (χ1) is 2.89. The summed E-state index contributed by atoms with van der Waals surface area (Å²) in [5.41, 5.74) is 7.08. The van der Waals surface area contributed by atoms with Crippen molar-refractivity contribution < 1.29 is 0 Å². The van der Waals surface area contributed by atoms with Gasteiger partial charge in [-0.2, -0.15) is 0 Å². The van der Waals surface area contributed by atoms with Gasteiger partial charge in [0.05, 0.1) is 0 Å². The topological polar surface area (TPSA) is 0 Å². The van der Waals surface area contributed by atoms with Crippen molar-refractivity contribution in [3.05, 3.63) is 23.1 Å². The third kappa shape index (κ3) is 0.440. The van der Waals surface area contributed by atoms with Crippen molar-refractivity contribution in [2.24, 2.45) is 0 Å². The van der Waals surface area contributed by atoms with Crippen LogP contribution in [0.1, 0.15) is 13.3 Å². The Kier molecular flexibility index (Phi) is 0.686. The largest absolute Gasteiger partial charge is 0.0743 e. The van der Waals surface area contributed by atoms with Crippen LogP contribution in [0, 0.1) is 0 Å². The van der Waals surface area contributed by atoms with E-state index in [1.165, 1.54) is 5.57 Å². The second kappa shape index (κ2) is 1.18. The van der Waals surface area contributed by atoms with Gasteiger partial charge in [-0.25, -0.2) is 0 Å². The minimum Gasteiger partial charge on any atom is -0.0743 e. The molecule has 0 nitrogen and oxygen atoms in total. The maximum Gasteiger partial charge on any atom is 0.00237 e. The molecule has 0 amide bonds. The SMILES string of the molecule is CC1=C=C=CC1. The van der Waals surface area contributed by atoms with E-state index >= 15 is 0 Å². The van der Waals surface area contributed by atoms with E-state index in [0.29, 0.717) is 0 Å². The summed E-state index contributed by atoms with van der Waals surface area (Å²) in [7, 11) is 0.